The third-order valence-electron chi connectivity index (χ3n) is 2.92. The van der Waals surface area contributed by atoms with Crippen molar-refractivity contribution in [3.63, 3.8) is 0 Å². The molecule has 0 spiro atoms. The Morgan fingerprint density at radius 1 is 1.44 bits per heavy atom. The minimum atomic E-state index is 0. The maximum Gasteiger partial charge on any atom is 0.194 e. The summed E-state index contributed by atoms with van der Waals surface area (Å²) in [7, 11) is 1.89. The van der Waals surface area contributed by atoms with Crippen molar-refractivity contribution in [2.45, 2.75) is 26.3 Å². The number of likely N-dealkylation sites (tertiary alicyclic amines) is 1. The molecular weight excluding hydrogens is 343 g/mol. The van der Waals surface area contributed by atoms with Gasteiger partial charge in [-0.05, 0) is 19.8 Å². The Hall–Kier alpha value is -0.860. The first-order valence-electron chi connectivity index (χ1n) is 6.17. The van der Waals surface area contributed by atoms with Crippen molar-refractivity contribution in [1.82, 2.24) is 25.0 Å². The lowest BCUT2D eigenvalue weighted by atomic mass is 10.4. The summed E-state index contributed by atoms with van der Waals surface area (Å²) in [6, 6.07) is 0. The van der Waals surface area contributed by atoms with Crippen molar-refractivity contribution in [2.24, 2.45) is 12.0 Å². The molecule has 0 bridgehead atoms. The third kappa shape index (κ3) is 3.82. The Morgan fingerprint density at radius 2 is 2.17 bits per heavy atom. The number of aromatic nitrogens is 3. The third-order valence-corrected chi connectivity index (χ3v) is 2.92. The van der Waals surface area contributed by atoms with Gasteiger partial charge in [-0.3, -0.25) is 4.68 Å². The van der Waals surface area contributed by atoms with E-state index in [9.17, 15) is 0 Å². The van der Waals surface area contributed by atoms with Crippen LogP contribution < -0.4 is 5.32 Å². The van der Waals surface area contributed by atoms with Gasteiger partial charge in [0.25, 0.3) is 0 Å². The van der Waals surface area contributed by atoms with Gasteiger partial charge >= 0.3 is 0 Å². The molecule has 1 N–H and O–H groups in total. The van der Waals surface area contributed by atoms with Crippen LogP contribution in [0.2, 0.25) is 0 Å². The van der Waals surface area contributed by atoms with E-state index in [0.717, 1.165) is 31.4 Å². The summed E-state index contributed by atoms with van der Waals surface area (Å²) in [4.78, 5) is 11.1. The number of aryl methyl sites for hydroxylation is 1. The molecule has 102 valence electrons. The number of guanidine groups is 1. The van der Waals surface area contributed by atoms with E-state index in [2.05, 4.69) is 32.2 Å². The van der Waals surface area contributed by atoms with Crippen molar-refractivity contribution >= 4 is 29.9 Å². The van der Waals surface area contributed by atoms with E-state index in [1.807, 2.05) is 7.05 Å². The van der Waals surface area contributed by atoms with Crippen molar-refractivity contribution in [3.8, 4) is 0 Å². The van der Waals surface area contributed by atoms with Gasteiger partial charge in [0, 0.05) is 26.7 Å². The van der Waals surface area contributed by atoms with Gasteiger partial charge in [0.15, 0.2) is 5.96 Å². The zero-order valence-electron chi connectivity index (χ0n) is 11.0. The van der Waals surface area contributed by atoms with Gasteiger partial charge in [0.1, 0.15) is 18.7 Å². The second kappa shape index (κ2) is 7.55. The van der Waals surface area contributed by atoms with E-state index in [1.165, 1.54) is 12.8 Å². The highest BCUT2D eigenvalue weighted by molar-refractivity contribution is 14.0. The number of rotatable bonds is 3. The monoisotopic (exact) mass is 364 g/mol. The topological polar surface area (TPSA) is 58.3 Å². The highest BCUT2D eigenvalue weighted by atomic mass is 127. The number of halogens is 1. The first-order chi connectivity index (χ1) is 8.31. The largest absolute Gasteiger partial charge is 0.357 e. The molecule has 1 saturated heterocycles. The Bertz CT molecular complexity index is 383. The molecule has 1 aliphatic rings. The molecule has 0 aliphatic carbocycles. The molecule has 7 heteroatoms. The number of nitrogens with one attached hydrogen (secondary N) is 1. The summed E-state index contributed by atoms with van der Waals surface area (Å²) in [5, 5.41) is 7.37. The van der Waals surface area contributed by atoms with Gasteiger partial charge in [-0.25, -0.2) is 9.98 Å². The number of hydrogen-bond acceptors (Lipinski definition) is 3. The van der Waals surface area contributed by atoms with E-state index in [4.69, 9.17) is 0 Å². The zero-order chi connectivity index (χ0) is 12.1. The average Bonchev–Trinajstić information content (AvgIpc) is 2.96. The van der Waals surface area contributed by atoms with Crippen LogP contribution in [0.25, 0.3) is 0 Å². The number of aliphatic imine (C=N–C) groups is 1. The van der Waals surface area contributed by atoms with Crippen LogP contribution >= 0.6 is 24.0 Å². The summed E-state index contributed by atoms with van der Waals surface area (Å²) in [6.45, 7) is 5.77. The highest BCUT2D eigenvalue weighted by Crippen LogP contribution is 2.08. The molecule has 0 radical (unpaired) electrons. The van der Waals surface area contributed by atoms with Crippen molar-refractivity contribution < 1.29 is 0 Å². The molecule has 6 nitrogen and oxygen atoms in total. The highest BCUT2D eigenvalue weighted by Gasteiger charge is 2.15. The maximum absolute atomic E-state index is 4.61. The van der Waals surface area contributed by atoms with Crippen LogP contribution in [-0.4, -0.2) is 45.3 Å². The second-order valence-corrected chi connectivity index (χ2v) is 4.16. The summed E-state index contributed by atoms with van der Waals surface area (Å²) in [6.07, 6.45) is 4.08. The first kappa shape index (κ1) is 15.2. The predicted octanol–water partition coefficient (Wildman–Crippen LogP) is 0.994. The van der Waals surface area contributed by atoms with Gasteiger partial charge in [-0.15, -0.1) is 24.0 Å². The van der Waals surface area contributed by atoms with Crippen LogP contribution in [0.15, 0.2) is 11.3 Å². The van der Waals surface area contributed by atoms with Gasteiger partial charge in [0.05, 0.1) is 0 Å². The van der Waals surface area contributed by atoms with Crippen molar-refractivity contribution in [1.29, 1.82) is 0 Å². The van der Waals surface area contributed by atoms with Gasteiger partial charge in [0.2, 0.25) is 0 Å². The molecular formula is C11H21IN6. The van der Waals surface area contributed by atoms with Crippen LogP contribution in [0.1, 0.15) is 25.6 Å². The molecule has 0 atom stereocenters. The van der Waals surface area contributed by atoms with Crippen molar-refractivity contribution in [2.75, 3.05) is 19.6 Å². The van der Waals surface area contributed by atoms with Crippen LogP contribution in [0.5, 0.6) is 0 Å². The lowest BCUT2D eigenvalue weighted by Crippen LogP contribution is -2.39. The maximum atomic E-state index is 4.61. The van der Waals surface area contributed by atoms with Gasteiger partial charge < -0.3 is 10.2 Å². The normalized spacial score (nSPS) is 15.7. The summed E-state index contributed by atoms with van der Waals surface area (Å²) in [5.74, 6) is 1.88. The van der Waals surface area contributed by atoms with E-state index in [1.54, 1.807) is 11.0 Å². The molecule has 2 heterocycles. The molecule has 1 fully saturated rings. The molecule has 0 aromatic carbocycles. The van der Waals surface area contributed by atoms with E-state index >= 15 is 0 Å². The standard InChI is InChI=1S/C11H20N6.HI/c1-3-12-11(17-6-4-5-7-17)13-8-10-14-9-15-16(10)2;/h9H,3-8H2,1-2H3,(H,12,13);1H. The second-order valence-electron chi connectivity index (χ2n) is 4.16. The summed E-state index contributed by atoms with van der Waals surface area (Å²) < 4.78 is 1.76. The lowest BCUT2D eigenvalue weighted by Gasteiger charge is -2.20. The average molecular weight is 364 g/mol. The van der Waals surface area contributed by atoms with Crippen LogP contribution in [0.4, 0.5) is 0 Å². The minimum absolute atomic E-state index is 0. The Kier molecular flexibility index (Phi) is 6.37. The van der Waals surface area contributed by atoms with Gasteiger partial charge in [-0.1, -0.05) is 0 Å². The molecule has 2 rings (SSSR count). The molecule has 0 amide bonds. The smallest absolute Gasteiger partial charge is 0.194 e. The number of hydrogen-bond donors (Lipinski definition) is 1. The minimum Gasteiger partial charge on any atom is -0.357 e. The fourth-order valence-corrected chi connectivity index (χ4v) is 1.96. The van der Waals surface area contributed by atoms with E-state index in [0.29, 0.717) is 6.54 Å². The Labute approximate surface area is 125 Å². The fraction of sp³-hybridized carbons (Fsp3) is 0.727. The zero-order valence-corrected chi connectivity index (χ0v) is 13.3. The first-order valence-corrected chi connectivity index (χ1v) is 6.17. The Morgan fingerprint density at radius 3 is 2.72 bits per heavy atom. The summed E-state index contributed by atoms with van der Waals surface area (Å²) >= 11 is 0. The predicted molar refractivity (Wildman–Crippen MR) is 82.0 cm³/mol. The molecule has 18 heavy (non-hydrogen) atoms. The SMILES string of the molecule is CCNC(=NCc1ncnn1C)N1CCCC1.I. The summed E-state index contributed by atoms with van der Waals surface area (Å²) in [5.41, 5.74) is 0. The van der Waals surface area contributed by atoms with Crippen LogP contribution in [0.3, 0.4) is 0 Å². The van der Waals surface area contributed by atoms with E-state index < -0.39 is 0 Å². The molecule has 0 saturated carbocycles. The quantitative estimate of drug-likeness (QED) is 0.494. The molecule has 0 unspecified atom stereocenters. The molecule has 1 aliphatic heterocycles. The van der Waals surface area contributed by atoms with Crippen molar-refractivity contribution in [3.05, 3.63) is 12.2 Å². The van der Waals surface area contributed by atoms with Crippen LogP contribution in [0, 0.1) is 0 Å². The molecule has 1 aromatic heterocycles. The number of nitrogens with zero attached hydrogens (tertiary/aromatic N) is 5. The van der Waals surface area contributed by atoms with E-state index in [-0.39, 0.29) is 24.0 Å². The fourth-order valence-electron chi connectivity index (χ4n) is 1.96. The lowest BCUT2D eigenvalue weighted by molar-refractivity contribution is 0.492. The van der Waals surface area contributed by atoms with Gasteiger partial charge in [-0.2, -0.15) is 5.10 Å². The molecule has 1 aromatic rings. The Balaban J connectivity index is 0.00000162. The van der Waals surface area contributed by atoms with Crippen LogP contribution in [-0.2, 0) is 13.6 Å².